The average molecular weight is 355 g/mol. The zero-order valence-electron chi connectivity index (χ0n) is 13.7. The highest BCUT2D eigenvalue weighted by Gasteiger charge is 2.34. The van der Waals surface area contributed by atoms with Crippen LogP contribution in [0.4, 0.5) is 4.79 Å². The van der Waals surface area contributed by atoms with E-state index in [0.717, 1.165) is 17.3 Å². The summed E-state index contributed by atoms with van der Waals surface area (Å²) in [5.74, 6) is -0.219. The molecule has 2 rings (SSSR count). The number of thioether (sulfide) groups is 1. The summed E-state index contributed by atoms with van der Waals surface area (Å²) in [5.41, 5.74) is 7.69. The van der Waals surface area contributed by atoms with E-state index in [1.165, 1.54) is 10.5 Å². The van der Waals surface area contributed by atoms with Crippen LogP contribution >= 0.6 is 24.2 Å². The summed E-state index contributed by atoms with van der Waals surface area (Å²) in [6, 6.07) is 8.08. The van der Waals surface area contributed by atoms with Crippen LogP contribution in [0.5, 0.6) is 0 Å². The maximum Gasteiger partial charge on any atom is 0.293 e. The number of nitrogens with zero attached hydrogens (tertiary/aromatic N) is 1. The first-order chi connectivity index (χ1) is 10.3. The van der Waals surface area contributed by atoms with Crippen LogP contribution in [0.1, 0.15) is 38.3 Å². The van der Waals surface area contributed by atoms with Crippen molar-refractivity contribution in [3.05, 3.63) is 40.3 Å². The molecule has 0 aliphatic carbocycles. The summed E-state index contributed by atoms with van der Waals surface area (Å²) in [6.07, 6.45) is 2.41. The zero-order valence-corrected chi connectivity index (χ0v) is 15.3. The predicted octanol–water partition coefficient (Wildman–Crippen LogP) is 3.79. The van der Waals surface area contributed by atoms with E-state index >= 15 is 0 Å². The number of halogens is 1. The first-order valence-corrected chi connectivity index (χ1v) is 8.20. The van der Waals surface area contributed by atoms with Gasteiger partial charge in [-0.1, -0.05) is 45.0 Å². The smallest absolute Gasteiger partial charge is 0.293 e. The van der Waals surface area contributed by atoms with Crippen LogP contribution in [0, 0.1) is 0 Å². The fourth-order valence-electron chi connectivity index (χ4n) is 2.17. The summed E-state index contributed by atoms with van der Waals surface area (Å²) in [4.78, 5) is 25.8. The number of nitrogens with two attached hydrogens (primary N) is 1. The van der Waals surface area contributed by atoms with Crippen molar-refractivity contribution in [2.75, 3.05) is 13.1 Å². The lowest BCUT2D eigenvalue weighted by atomic mass is 9.87. The van der Waals surface area contributed by atoms with Gasteiger partial charge in [0.25, 0.3) is 11.1 Å². The van der Waals surface area contributed by atoms with E-state index in [9.17, 15) is 9.59 Å². The van der Waals surface area contributed by atoms with E-state index in [0.29, 0.717) is 24.4 Å². The van der Waals surface area contributed by atoms with Gasteiger partial charge in [-0.2, -0.15) is 0 Å². The number of carbonyl (C=O) groups excluding carboxylic acids is 2. The van der Waals surface area contributed by atoms with Crippen LogP contribution < -0.4 is 5.73 Å². The van der Waals surface area contributed by atoms with Crippen molar-refractivity contribution >= 4 is 41.4 Å². The third kappa shape index (κ3) is 4.83. The normalized spacial score (nSPS) is 16.9. The molecule has 1 aliphatic heterocycles. The number of rotatable bonds is 4. The molecule has 4 nitrogen and oxygen atoms in total. The van der Waals surface area contributed by atoms with E-state index in [1.807, 2.05) is 12.1 Å². The Morgan fingerprint density at radius 3 is 2.30 bits per heavy atom. The van der Waals surface area contributed by atoms with Gasteiger partial charge in [-0.25, -0.2) is 0 Å². The Kier molecular flexibility index (Phi) is 6.86. The molecule has 2 amide bonds. The molecule has 0 unspecified atom stereocenters. The van der Waals surface area contributed by atoms with Gasteiger partial charge in [-0.3, -0.25) is 14.5 Å². The Morgan fingerprint density at radius 1 is 1.17 bits per heavy atom. The van der Waals surface area contributed by atoms with Crippen molar-refractivity contribution in [2.45, 2.75) is 32.6 Å². The van der Waals surface area contributed by atoms with E-state index in [4.69, 9.17) is 5.73 Å². The van der Waals surface area contributed by atoms with Crippen LogP contribution in [0.2, 0.25) is 0 Å². The maximum atomic E-state index is 12.2. The van der Waals surface area contributed by atoms with Crippen molar-refractivity contribution in [3.8, 4) is 0 Å². The highest BCUT2D eigenvalue weighted by molar-refractivity contribution is 8.18. The van der Waals surface area contributed by atoms with E-state index in [-0.39, 0.29) is 29.0 Å². The van der Waals surface area contributed by atoms with Crippen LogP contribution in [-0.2, 0) is 10.2 Å². The molecule has 2 N–H and O–H groups in total. The molecule has 23 heavy (non-hydrogen) atoms. The van der Waals surface area contributed by atoms with Crippen LogP contribution in [-0.4, -0.2) is 29.1 Å². The number of imide groups is 1. The lowest BCUT2D eigenvalue weighted by molar-refractivity contribution is -0.122. The topological polar surface area (TPSA) is 63.4 Å². The minimum Gasteiger partial charge on any atom is -0.330 e. The van der Waals surface area contributed by atoms with E-state index in [2.05, 4.69) is 32.9 Å². The SMILES string of the molecule is CC(C)(C)c1ccc(/C=C2\SC(=O)N(CCCN)C2=O)cc1.Cl. The van der Waals surface area contributed by atoms with Gasteiger partial charge in [-0.05, 0) is 47.3 Å². The molecule has 126 valence electrons. The third-order valence-electron chi connectivity index (χ3n) is 3.53. The zero-order chi connectivity index (χ0) is 16.3. The molecule has 1 aromatic rings. The van der Waals surface area contributed by atoms with Gasteiger partial charge in [0.1, 0.15) is 0 Å². The van der Waals surface area contributed by atoms with Gasteiger partial charge in [0.05, 0.1) is 4.91 Å². The summed E-state index contributed by atoms with van der Waals surface area (Å²) >= 11 is 0.995. The van der Waals surface area contributed by atoms with Crippen molar-refractivity contribution in [1.29, 1.82) is 0 Å². The molecule has 1 saturated heterocycles. The molecular weight excluding hydrogens is 332 g/mol. The minimum absolute atomic E-state index is 0. The third-order valence-corrected chi connectivity index (χ3v) is 4.44. The molecule has 0 bridgehead atoms. The predicted molar refractivity (Wildman–Crippen MR) is 98.7 cm³/mol. The van der Waals surface area contributed by atoms with Gasteiger partial charge < -0.3 is 5.73 Å². The van der Waals surface area contributed by atoms with E-state index < -0.39 is 0 Å². The van der Waals surface area contributed by atoms with Crippen LogP contribution in [0.15, 0.2) is 29.2 Å². The Hall–Kier alpha value is -1.30. The first-order valence-electron chi connectivity index (χ1n) is 7.39. The Morgan fingerprint density at radius 2 is 1.78 bits per heavy atom. The maximum absolute atomic E-state index is 12.2. The number of benzene rings is 1. The molecule has 1 fully saturated rings. The van der Waals surface area contributed by atoms with Gasteiger partial charge in [0.2, 0.25) is 0 Å². The second-order valence-electron chi connectivity index (χ2n) is 6.35. The van der Waals surface area contributed by atoms with Crippen molar-refractivity contribution in [1.82, 2.24) is 4.90 Å². The summed E-state index contributed by atoms with van der Waals surface area (Å²) in [7, 11) is 0. The lowest BCUT2D eigenvalue weighted by Crippen LogP contribution is -2.30. The molecule has 1 heterocycles. The van der Waals surface area contributed by atoms with Gasteiger partial charge in [0, 0.05) is 6.54 Å². The second-order valence-corrected chi connectivity index (χ2v) is 7.34. The summed E-state index contributed by atoms with van der Waals surface area (Å²) in [5, 5.41) is -0.212. The highest BCUT2D eigenvalue weighted by atomic mass is 35.5. The monoisotopic (exact) mass is 354 g/mol. The Labute approximate surface area is 147 Å². The largest absolute Gasteiger partial charge is 0.330 e. The molecule has 0 atom stereocenters. The Balaban J connectivity index is 0.00000264. The molecule has 0 spiro atoms. The summed E-state index contributed by atoms with van der Waals surface area (Å²) < 4.78 is 0. The fraction of sp³-hybridized carbons (Fsp3) is 0.412. The standard InChI is InChI=1S/C17H22N2O2S.ClH/c1-17(2,3)13-7-5-12(6-8-13)11-14-15(20)19(10-4-9-18)16(21)22-14;/h5-8,11H,4,9-10,18H2,1-3H3;1H/b14-11-;. The van der Waals surface area contributed by atoms with Gasteiger partial charge in [0.15, 0.2) is 0 Å². The van der Waals surface area contributed by atoms with Crippen LogP contribution in [0.3, 0.4) is 0 Å². The van der Waals surface area contributed by atoms with Crippen molar-refractivity contribution in [3.63, 3.8) is 0 Å². The highest BCUT2D eigenvalue weighted by Crippen LogP contribution is 2.32. The molecular formula is C17H23ClN2O2S. The van der Waals surface area contributed by atoms with E-state index in [1.54, 1.807) is 6.08 Å². The van der Waals surface area contributed by atoms with Gasteiger partial charge in [-0.15, -0.1) is 12.4 Å². The Bertz CT molecular complexity index is 606. The van der Waals surface area contributed by atoms with Crippen LogP contribution in [0.25, 0.3) is 6.08 Å². The number of carbonyl (C=O) groups is 2. The molecule has 0 aromatic heterocycles. The summed E-state index contributed by atoms with van der Waals surface area (Å²) in [6.45, 7) is 7.33. The number of amides is 2. The first kappa shape index (κ1) is 19.7. The van der Waals surface area contributed by atoms with Crippen molar-refractivity contribution < 1.29 is 9.59 Å². The number of hydrogen-bond acceptors (Lipinski definition) is 4. The lowest BCUT2D eigenvalue weighted by Gasteiger charge is -2.18. The number of hydrogen-bond donors (Lipinski definition) is 1. The molecule has 6 heteroatoms. The minimum atomic E-state index is -0.219. The molecule has 1 aliphatic rings. The quantitative estimate of drug-likeness (QED) is 0.835. The van der Waals surface area contributed by atoms with Gasteiger partial charge >= 0.3 is 0 Å². The van der Waals surface area contributed by atoms with Crippen molar-refractivity contribution in [2.24, 2.45) is 5.73 Å². The molecule has 0 radical (unpaired) electrons. The molecule has 0 saturated carbocycles. The fourth-order valence-corrected chi connectivity index (χ4v) is 3.04. The molecule has 1 aromatic carbocycles. The second kappa shape index (κ2) is 7.99. The average Bonchev–Trinajstić information content (AvgIpc) is 2.71.